The first-order valence-electron chi connectivity index (χ1n) is 6.64. The third kappa shape index (κ3) is 3.24. The summed E-state index contributed by atoms with van der Waals surface area (Å²) in [5, 5.41) is 3.13. The van der Waals surface area contributed by atoms with E-state index >= 15 is 0 Å². The number of benzene rings is 1. The first-order valence-corrected chi connectivity index (χ1v) is 6.64. The van der Waals surface area contributed by atoms with Gasteiger partial charge in [-0.1, -0.05) is 37.3 Å². The molecule has 1 atom stereocenters. The number of esters is 1. The molecule has 0 saturated heterocycles. The van der Waals surface area contributed by atoms with Crippen molar-refractivity contribution < 1.29 is 9.53 Å². The highest BCUT2D eigenvalue weighted by atomic mass is 16.5. The van der Waals surface area contributed by atoms with Gasteiger partial charge in [0.2, 0.25) is 0 Å². The van der Waals surface area contributed by atoms with Gasteiger partial charge in [-0.2, -0.15) is 0 Å². The van der Waals surface area contributed by atoms with Crippen LogP contribution in [0.5, 0.6) is 0 Å². The number of ether oxygens (including phenoxy) is 1. The molecule has 0 aliphatic heterocycles. The van der Waals surface area contributed by atoms with Crippen molar-refractivity contribution in [2.75, 3.05) is 13.7 Å². The van der Waals surface area contributed by atoms with E-state index in [0.717, 1.165) is 11.4 Å². The van der Waals surface area contributed by atoms with Gasteiger partial charge in [-0.25, -0.2) is 4.98 Å². The van der Waals surface area contributed by atoms with E-state index in [1.807, 2.05) is 48.0 Å². The Hall–Kier alpha value is -2.14. The summed E-state index contributed by atoms with van der Waals surface area (Å²) in [4.78, 5) is 16.1. The van der Waals surface area contributed by atoms with Gasteiger partial charge in [0, 0.05) is 18.0 Å². The Bertz CT molecular complexity index is 551. The molecule has 20 heavy (non-hydrogen) atoms. The highest BCUT2D eigenvalue weighted by molar-refractivity contribution is 5.75. The van der Waals surface area contributed by atoms with E-state index < -0.39 is 0 Å². The molecular weight excluding hydrogens is 254 g/mol. The van der Waals surface area contributed by atoms with Gasteiger partial charge in [-0.15, -0.1) is 0 Å². The van der Waals surface area contributed by atoms with Crippen LogP contribution in [0.2, 0.25) is 0 Å². The van der Waals surface area contributed by atoms with Crippen molar-refractivity contribution in [3.63, 3.8) is 0 Å². The maximum atomic E-state index is 11.8. The predicted octanol–water partition coefficient (Wildman–Crippen LogP) is 1.70. The zero-order valence-electron chi connectivity index (χ0n) is 11.7. The van der Waals surface area contributed by atoms with E-state index in [9.17, 15) is 4.79 Å². The second kappa shape index (κ2) is 6.86. The molecule has 2 rings (SSSR count). The standard InChI is InChI=1S/C15H19N3O2/c1-3-16-13(15(19)20-2)11-18-10-9-17-14(18)12-7-5-4-6-8-12/h4-10,13,16H,3,11H2,1-2H3. The number of carbonyl (C=O) groups excluding carboxylic acids is 1. The van der Waals surface area contributed by atoms with E-state index in [2.05, 4.69) is 10.3 Å². The molecule has 1 unspecified atom stereocenters. The molecule has 0 spiro atoms. The Morgan fingerprint density at radius 1 is 1.40 bits per heavy atom. The molecule has 2 aromatic rings. The summed E-state index contributed by atoms with van der Waals surface area (Å²) in [6.07, 6.45) is 3.61. The van der Waals surface area contributed by atoms with Gasteiger partial charge in [-0.3, -0.25) is 4.79 Å². The lowest BCUT2D eigenvalue weighted by Gasteiger charge is -2.17. The number of carbonyl (C=O) groups is 1. The number of methoxy groups -OCH3 is 1. The number of imidazole rings is 1. The van der Waals surface area contributed by atoms with Crippen molar-refractivity contribution >= 4 is 5.97 Å². The molecule has 0 amide bonds. The molecule has 1 aromatic heterocycles. The predicted molar refractivity (Wildman–Crippen MR) is 77.1 cm³/mol. The lowest BCUT2D eigenvalue weighted by atomic mass is 10.2. The molecule has 0 bridgehead atoms. The zero-order valence-corrected chi connectivity index (χ0v) is 11.7. The highest BCUT2D eigenvalue weighted by Crippen LogP contribution is 2.17. The molecule has 5 heteroatoms. The molecule has 0 radical (unpaired) electrons. The van der Waals surface area contributed by atoms with E-state index in [-0.39, 0.29) is 12.0 Å². The topological polar surface area (TPSA) is 56.2 Å². The number of aromatic nitrogens is 2. The number of nitrogens with zero attached hydrogens (tertiary/aromatic N) is 2. The van der Waals surface area contributed by atoms with Gasteiger partial charge in [-0.05, 0) is 6.54 Å². The Kier molecular flexibility index (Phi) is 4.90. The lowest BCUT2D eigenvalue weighted by Crippen LogP contribution is -2.40. The van der Waals surface area contributed by atoms with Crippen LogP contribution in [0.3, 0.4) is 0 Å². The van der Waals surface area contributed by atoms with Crippen LogP contribution in [0.4, 0.5) is 0 Å². The van der Waals surface area contributed by atoms with Gasteiger partial charge < -0.3 is 14.6 Å². The average molecular weight is 273 g/mol. The second-order valence-corrected chi connectivity index (χ2v) is 4.40. The summed E-state index contributed by atoms with van der Waals surface area (Å²) >= 11 is 0. The Labute approximate surface area is 118 Å². The second-order valence-electron chi connectivity index (χ2n) is 4.40. The quantitative estimate of drug-likeness (QED) is 0.814. The number of hydrogen-bond acceptors (Lipinski definition) is 4. The molecule has 5 nitrogen and oxygen atoms in total. The Balaban J connectivity index is 2.21. The SMILES string of the molecule is CCNC(Cn1ccnc1-c1ccccc1)C(=O)OC. The van der Waals surface area contributed by atoms with Crippen LogP contribution in [-0.2, 0) is 16.1 Å². The van der Waals surface area contributed by atoms with Crippen LogP contribution < -0.4 is 5.32 Å². The molecule has 1 heterocycles. The molecule has 106 valence electrons. The van der Waals surface area contributed by atoms with E-state index in [4.69, 9.17) is 4.74 Å². The van der Waals surface area contributed by atoms with Crippen molar-refractivity contribution in [2.45, 2.75) is 19.5 Å². The van der Waals surface area contributed by atoms with E-state index in [0.29, 0.717) is 13.1 Å². The van der Waals surface area contributed by atoms with Gasteiger partial charge >= 0.3 is 5.97 Å². The minimum atomic E-state index is -0.373. The maximum absolute atomic E-state index is 11.8. The lowest BCUT2D eigenvalue weighted by molar-refractivity contribution is -0.143. The number of nitrogens with one attached hydrogen (secondary N) is 1. The highest BCUT2D eigenvalue weighted by Gasteiger charge is 2.19. The van der Waals surface area contributed by atoms with E-state index in [1.54, 1.807) is 6.20 Å². The fraction of sp³-hybridized carbons (Fsp3) is 0.333. The normalized spacial score (nSPS) is 12.1. The summed E-state index contributed by atoms with van der Waals surface area (Å²) in [5.41, 5.74) is 1.03. The number of rotatable bonds is 6. The summed E-state index contributed by atoms with van der Waals surface area (Å²) < 4.78 is 6.78. The fourth-order valence-corrected chi connectivity index (χ4v) is 2.11. The van der Waals surface area contributed by atoms with Crippen LogP contribution in [-0.4, -0.2) is 35.2 Å². The number of likely N-dealkylation sites (N-methyl/N-ethyl adjacent to an activating group) is 1. The number of hydrogen-bond donors (Lipinski definition) is 1. The van der Waals surface area contributed by atoms with Crippen LogP contribution >= 0.6 is 0 Å². The summed E-state index contributed by atoms with van der Waals surface area (Å²) in [7, 11) is 1.40. The van der Waals surface area contributed by atoms with E-state index in [1.165, 1.54) is 7.11 Å². The van der Waals surface area contributed by atoms with Crippen molar-refractivity contribution in [3.8, 4) is 11.4 Å². The van der Waals surface area contributed by atoms with Crippen LogP contribution in [0, 0.1) is 0 Å². The fourth-order valence-electron chi connectivity index (χ4n) is 2.11. The molecule has 1 N–H and O–H groups in total. The van der Waals surface area contributed by atoms with Crippen LogP contribution in [0.25, 0.3) is 11.4 Å². The largest absolute Gasteiger partial charge is 0.468 e. The molecular formula is C15H19N3O2. The average Bonchev–Trinajstić information content (AvgIpc) is 2.95. The molecule has 0 aliphatic rings. The minimum absolute atomic E-state index is 0.264. The van der Waals surface area contributed by atoms with Crippen LogP contribution in [0.15, 0.2) is 42.7 Å². The van der Waals surface area contributed by atoms with Gasteiger partial charge in [0.05, 0.1) is 13.7 Å². The Morgan fingerprint density at radius 2 is 2.15 bits per heavy atom. The van der Waals surface area contributed by atoms with Crippen molar-refractivity contribution in [2.24, 2.45) is 0 Å². The zero-order chi connectivity index (χ0) is 14.4. The van der Waals surface area contributed by atoms with Crippen molar-refractivity contribution in [3.05, 3.63) is 42.7 Å². The third-order valence-corrected chi connectivity index (χ3v) is 3.06. The summed E-state index contributed by atoms with van der Waals surface area (Å²) in [6.45, 7) is 3.15. The van der Waals surface area contributed by atoms with Gasteiger partial charge in [0.1, 0.15) is 11.9 Å². The molecule has 0 aliphatic carbocycles. The van der Waals surface area contributed by atoms with Crippen molar-refractivity contribution in [1.82, 2.24) is 14.9 Å². The molecule has 1 aromatic carbocycles. The molecule has 0 saturated carbocycles. The monoisotopic (exact) mass is 273 g/mol. The first kappa shape index (κ1) is 14.3. The summed E-state index contributed by atoms with van der Waals surface area (Å²) in [5.74, 6) is 0.581. The van der Waals surface area contributed by atoms with Gasteiger partial charge in [0.25, 0.3) is 0 Å². The first-order chi connectivity index (χ1) is 9.76. The van der Waals surface area contributed by atoms with Crippen molar-refractivity contribution in [1.29, 1.82) is 0 Å². The van der Waals surface area contributed by atoms with Gasteiger partial charge in [0.15, 0.2) is 0 Å². The smallest absolute Gasteiger partial charge is 0.324 e. The maximum Gasteiger partial charge on any atom is 0.324 e. The third-order valence-electron chi connectivity index (χ3n) is 3.06. The Morgan fingerprint density at radius 3 is 2.80 bits per heavy atom. The minimum Gasteiger partial charge on any atom is -0.468 e. The summed E-state index contributed by atoms with van der Waals surface area (Å²) in [6, 6.07) is 9.53. The van der Waals surface area contributed by atoms with Crippen LogP contribution in [0.1, 0.15) is 6.92 Å². The molecule has 0 fully saturated rings.